The van der Waals surface area contributed by atoms with Gasteiger partial charge >= 0.3 is 0 Å². The van der Waals surface area contributed by atoms with Crippen molar-refractivity contribution >= 4 is 11.7 Å². The molecule has 154 valence electrons. The predicted molar refractivity (Wildman–Crippen MR) is 115 cm³/mol. The summed E-state index contributed by atoms with van der Waals surface area (Å²) in [7, 11) is 0. The van der Waals surface area contributed by atoms with E-state index in [9.17, 15) is 4.79 Å². The number of aryl methyl sites for hydroxylation is 1. The van der Waals surface area contributed by atoms with Crippen LogP contribution in [0.2, 0.25) is 0 Å². The molecule has 6 nitrogen and oxygen atoms in total. The Labute approximate surface area is 173 Å². The number of nitrogens with zero attached hydrogens (tertiary/aromatic N) is 5. The highest BCUT2D eigenvalue weighted by atomic mass is 16.2. The Hall–Kier alpha value is -2.47. The number of aromatic nitrogens is 2. The molecule has 6 heteroatoms. The van der Waals surface area contributed by atoms with E-state index in [1.54, 1.807) is 0 Å². The van der Waals surface area contributed by atoms with Crippen LogP contribution in [-0.4, -0.2) is 71.7 Å². The molecular formula is C23H31N5O. The van der Waals surface area contributed by atoms with Gasteiger partial charge in [0.05, 0.1) is 11.6 Å². The minimum atomic E-state index is 0.0720. The van der Waals surface area contributed by atoms with Crippen molar-refractivity contribution in [2.75, 3.05) is 50.7 Å². The molecule has 0 bridgehead atoms. The molecule has 1 unspecified atom stereocenters. The van der Waals surface area contributed by atoms with Crippen LogP contribution < -0.4 is 4.90 Å². The molecule has 1 amide bonds. The Kier molecular flexibility index (Phi) is 6.39. The van der Waals surface area contributed by atoms with Crippen molar-refractivity contribution in [2.24, 2.45) is 5.92 Å². The van der Waals surface area contributed by atoms with Gasteiger partial charge in [-0.2, -0.15) is 5.10 Å². The quantitative estimate of drug-likeness (QED) is 0.781. The lowest BCUT2D eigenvalue weighted by molar-refractivity contribution is -0.137. The molecular weight excluding hydrogens is 362 g/mol. The molecule has 4 rings (SSSR count). The number of carbonyl (C=O) groups excluding carboxylic acids is 1. The zero-order chi connectivity index (χ0) is 20.1. The maximum atomic E-state index is 13.1. The molecule has 1 atom stereocenters. The molecule has 0 N–H and O–H groups in total. The summed E-state index contributed by atoms with van der Waals surface area (Å²) in [6.45, 7) is 8.34. The van der Waals surface area contributed by atoms with Gasteiger partial charge in [0.15, 0.2) is 5.82 Å². The highest BCUT2D eigenvalue weighted by molar-refractivity contribution is 5.80. The Morgan fingerprint density at radius 3 is 2.52 bits per heavy atom. The van der Waals surface area contributed by atoms with Crippen molar-refractivity contribution in [3.8, 4) is 0 Å². The molecule has 2 fully saturated rings. The molecule has 1 aromatic heterocycles. The largest absolute Gasteiger partial charge is 0.354 e. The summed E-state index contributed by atoms with van der Waals surface area (Å²) in [4.78, 5) is 19.9. The molecule has 1 aromatic carbocycles. The SMILES string of the molecule is Cc1ccc(N2CCCC(C(=O)N3CCN(CCc4ccccc4)CC3)C2)nn1. The summed E-state index contributed by atoms with van der Waals surface area (Å²) in [6.07, 6.45) is 3.08. The topological polar surface area (TPSA) is 52.6 Å². The van der Waals surface area contributed by atoms with E-state index in [1.165, 1.54) is 5.56 Å². The van der Waals surface area contributed by atoms with Crippen LogP contribution in [0.5, 0.6) is 0 Å². The van der Waals surface area contributed by atoms with Crippen LogP contribution in [0.3, 0.4) is 0 Å². The number of amides is 1. The second-order valence-electron chi connectivity index (χ2n) is 8.22. The maximum absolute atomic E-state index is 13.1. The summed E-state index contributed by atoms with van der Waals surface area (Å²) in [5.74, 6) is 1.28. The minimum absolute atomic E-state index is 0.0720. The van der Waals surface area contributed by atoms with Crippen LogP contribution in [0.1, 0.15) is 24.1 Å². The van der Waals surface area contributed by atoms with Gasteiger partial charge in [-0.25, -0.2) is 0 Å². The lowest BCUT2D eigenvalue weighted by atomic mass is 9.96. The lowest BCUT2D eigenvalue weighted by Crippen LogP contribution is -2.52. The molecule has 0 radical (unpaired) electrons. The Bertz CT molecular complexity index is 787. The molecule has 0 aliphatic carbocycles. The van der Waals surface area contributed by atoms with Gasteiger partial charge in [0.25, 0.3) is 0 Å². The van der Waals surface area contributed by atoms with E-state index >= 15 is 0 Å². The fourth-order valence-corrected chi connectivity index (χ4v) is 4.33. The number of piperidine rings is 1. The van der Waals surface area contributed by atoms with E-state index in [0.29, 0.717) is 5.91 Å². The summed E-state index contributed by atoms with van der Waals surface area (Å²) >= 11 is 0. The fraction of sp³-hybridized carbons (Fsp3) is 0.522. The van der Waals surface area contributed by atoms with Gasteiger partial charge in [-0.15, -0.1) is 5.10 Å². The summed E-state index contributed by atoms with van der Waals surface area (Å²) < 4.78 is 0. The van der Waals surface area contributed by atoms with E-state index in [1.807, 2.05) is 19.1 Å². The van der Waals surface area contributed by atoms with Gasteiger partial charge in [-0.1, -0.05) is 30.3 Å². The minimum Gasteiger partial charge on any atom is -0.354 e. The van der Waals surface area contributed by atoms with Gasteiger partial charge in [-0.05, 0) is 43.9 Å². The number of piperazine rings is 1. The van der Waals surface area contributed by atoms with Gasteiger partial charge < -0.3 is 9.80 Å². The average molecular weight is 394 g/mol. The van der Waals surface area contributed by atoms with E-state index in [2.05, 4.69) is 55.2 Å². The number of anilines is 1. The first-order valence-electron chi connectivity index (χ1n) is 10.8. The van der Waals surface area contributed by atoms with Gasteiger partial charge in [0.2, 0.25) is 5.91 Å². The van der Waals surface area contributed by atoms with Crippen LogP contribution in [-0.2, 0) is 11.2 Å². The van der Waals surface area contributed by atoms with Crippen molar-refractivity contribution in [2.45, 2.75) is 26.2 Å². The molecule has 29 heavy (non-hydrogen) atoms. The Balaban J connectivity index is 1.26. The number of rotatable bonds is 5. The van der Waals surface area contributed by atoms with Crippen LogP contribution in [0, 0.1) is 12.8 Å². The van der Waals surface area contributed by atoms with Gasteiger partial charge in [0.1, 0.15) is 0 Å². The predicted octanol–water partition coefficient (Wildman–Crippen LogP) is 2.39. The zero-order valence-corrected chi connectivity index (χ0v) is 17.3. The molecule has 2 saturated heterocycles. The smallest absolute Gasteiger partial charge is 0.227 e. The van der Waals surface area contributed by atoms with E-state index in [4.69, 9.17) is 0 Å². The Morgan fingerprint density at radius 1 is 1.00 bits per heavy atom. The third-order valence-corrected chi connectivity index (χ3v) is 6.12. The monoisotopic (exact) mass is 393 g/mol. The second kappa shape index (κ2) is 9.35. The molecule has 2 aromatic rings. The van der Waals surface area contributed by atoms with Crippen molar-refractivity contribution in [1.82, 2.24) is 20.0 Å². The third-order valence-electron chi connectivity index (χ3n) is 6.12. The summed E-state index contributed by atoms with van der Waals surface area (Å²) in [5, 5.41) is 8.48. The Morgan fingerprint density at radius 2 is 1.79 bits per heavy atom. The first-order chi connectivity index (χ1) is 14.2. The first-order valence-corrected chi connectivity index (χ1v) is 10.8. The van der Waals surface area contributed by atoms with Crippen LogP contribution >= 0.6 is 0 Å². The van der Waals surface area contributed by atoms with Gasteiger partial charge in [-0.3, -0.25) is 9.69 Å². The van der Waals surface area contributed by atoms with E-state index in [-0.39, 0.29) is 5.92 Å². The molecule has 0 spiro atoms. The highest BCUT2D eigenvalue weighted by Crippen LogP contribution is 2.23. The standard InChI is InChI=1S/C23H31N5O/c1-19-9-10-22(25-24-19)28-12-5-8-21(18-28)23(29)27-16-14-26(15-17-27)13-11-20-6-3-2-4-7-20/h2-4,6-7,9-10,21H,5,8,11-18H2,1H3. The molecule has 2 aliphatic heterocycles. The fourth-order valence-electron chi connectivity index (χ4n) is 4.33. The average Bonchev–Trinajstić information content (AvgIpc) is 2.79. The van der Waals surface area contributed by atoms with E-state index < -0.39 is 0 Å². The highest BCUT2D eigenvalue weighted by Gasteiger charge is 2.31. The van der Waals surface area contributed by atoms with Crippen molar-refractivity contribution in [3.63, 3.8) is 0 Å². The zero-order valence-electron chi connectivity index (χ0n) is 17.3. The molecule has 0 saturated carbocycles. The number of benzene rings is 1. The summed E-state index contributed by atoms with van der Waals surface area (Å²) in [5.41, 5.74) is 2.30. The van der Waals surface area contributed by atoms with Crippen molar-refractivity contribution in [3.05, 3.63) is 53.7 Å². The third kappa shape index (κ3) is 5.12. The maximum Gasteiger partial charge on any atom is 0.227 e. The van der Waals surface area contributed by atoms with Crippen LogP contribution in [0.4, 0.5) is 5.82 Å². The van der Waals surface area contributed by atoms with E-state index in [0.717, 1.165) is 76.6 Å². The molecule has 3 heterocycles. The number of carbonyl (C=O) groups is 1. The number of hydrogen-bond donors (Lipinski definition) is 0. The van der Waals surface area contributed by atoms with Crippen molar-refractivity contribution in [1.29, 1.82) is 0 Å². The van der Waals surface area contributed by atoms with Crippen molar-refractivity contribution < 1.29 is 4.79 Å². The summed E-state index contributed by atoms with van der Waals surface area (Å²) in [6, 6.07) is 14.6. The molecule has 2 aliphatic rings. The lowest BCUT2D eigenvalue weighted by Gasteiger charge is -2.39. The van der Waals surface area contributed by atoms with Crippen LogP contribution in [0.25, 0.3) is 0 Å². The second-order valence-corrected chi connectivity index (χ2v) is 8.22. The van der Waals surface area contributed by atoms with Gasteiger partial charge in [0, 0.05) is 45.8 Å². The van der Waals surface area contributed by atoms with Crippen LogP contribution in [0.15, 0.2) is 42.5 Å². The first kappa shape index (κ1) is 19.8. The normalized spacial score (nSPS) is 20.7. The number of hydrogen-bond acceptors (Lipinski definition) is 5.